The van der Waals surface area contributed by atoms with Crippen LogP contribution in [0.2, 0.25) is 5.02 Å². The van der Waals surface area contributed by atoms with Gasteiger partial charge in [0.2, 0.25) is 0 Å². The van der Waals surface area contributed by atoms with Crippen molar-refractivity contribution in [3.8, 4) is 5.75 Å². The summed E-state index contributed by atoms with van der Waals surface area (Å²) in [6.45, 7) is 4.33. The van der Waals surface area contributed by atoms with E-state index in [2.05, 4.69) is 26.6 Å². The maximum atomic E-state index is 11.5. The van der Waals surface area contributed by atoms with E-state index in [4.69, 9.17) is 21.1 Å². The predicted molar refractivity (Wildman–Crippen MR) is 92.0 cm³/mol. The lowest BCUT2D eigenvalue weighted by Crippen LogP contribution is -2.49. The number of rotatable bonds is 5. The minimum absolute atomic E-state index is 0.387. The van der Waals surface area contributed by atoms with Crippen LogP contribution in [-0.4, -0.2) is 36.7 Å². The number of carbonyl (C=O) groups is 3. The molecule has 7 nitrogen and oxygen atoms in total. The second-order valence-corrected chi connectivity index (χ2v) is 7.07. The highest BCUT2D eigenvalue weighted by Crippen LogP contribution is 2.27. The quantitative estimate of drug-likeness (QED) is 0.713. The Morgan fingerprint density at radius 3 is 2.46 bits per heavy atom. The molecule has 9 heteroatoms. The van der Waals surface area contributed by atoms with Gasteiger partial charge in [-0.25, -0.2) is 9.59 Å². The Bertz CT molecular complexity index is 631. The maximum Gasteiger partial charge on any atom is 0.344 e. The minimum atomic E-state index is -0.747. The van der Waals surface area contributed by atoms with E-state index in [1.807, 2.05) is 0 Å². The summed E-state index contributed by atoms with van der Waals surface area (Å²) in [5, 5.41) is 5.11. The summed E-state index contributed by atoms with van der Waals surface area (Å²) < 4.78 is 10.5. The van der Waals surface area contributed by atoms with Crippen molar-refractivity contribution in [1.82, 2.24) is 10.6 Å². The molecule has 0 saturated carbocycles. The first kappa shape index (κ1) is 20.2. The average molecular weight is 422 g/mol. The average Bonchev–Trinajstić information content (AvgIpc) is 2.42. The Morgan fingerprint density at radius 2 is 1.88 bits per heavy atom. The second-order valence-electron chi connectivity index (χ2n) is 5.78. The van der Waals surface area contributed by atoms with Gasteiger partial charge in [0.25, 0.3) is 5.91 Å². The zero-order valence-corrected chi connectivity index (χ0v) is 15.8. The van der Waals surface area contributed by atoms with Crippen LogP contribution >= 0.6 is 27.5 Å². The molecule has 1 aromatic carbocycles. The minimum Gasteiger partial charge on any atom is -0.481 e. The highest BCUT2D eigenvalue weighted by Gasteiger charge is 2.16. The normalized spacial score (nSPS) is 10.7. The van der Waals surface area contributed by atoms with Gasteiger partial charge in [0.05, 0.1) is 4.47 Å². The third kappa shape index (κ3) is 8.16. The predicted octanol–water partition coefficient (Wildman–Crippen LogP) is 2.65. The van der Waals surface area contributed by atoms with E-state index in [9.17, 15) is 14.4 Å². The molecule has 0 atom stereocenters. The van der Waals surface area contributed by atoms with Crippen LogP contribution in [0.5, 0.6) is 5.75 Å². The zero-order valence-electron chi connectivity index (χ0n) is 13.4. The van der Waals surface area contributed by atoms with Gasteiger partial charge in [0.1, 0.15) is 5.75 Å². The first-order valence-electron chi connectivity index (χ1n) is 6.92. The Hall–Kier alpha value is -1.80. The third-order valence-electron chi connectivity index (χ3n) is 2.35. The molecule has 0 radical (unpaired) electrons. The van der Waals surface area contributed by atoms with Crippen LogP contribution in [0.15, 0.2) is 22.7 Å². The highest BCUT2D eigenvalue weighted by atomic mass is 79.9. The van der Waals surface area contributed by atoms with Gasteiger partial charge < -0.3 is 14.8 Å². The fourth-order valence-corrected chi connectivity index (χ4v) is 2.25. The van der Waals surface area contributed by atoms with Crippen molar-refractivity contribution in [2.24, 2.45) is 0 Å². The summed E-state index contributed by atoms with van der Waals surface area (Å²) >= 11 is 9.03. The summed E-state index contributed by atoms with van der Waals surface area (Å²) in [6.07, 6.45) is 0. The van der Waals surface area contributed by atoms with Crippen LogP contribution in [0.4, 0.5) is 4.79 Å². The van der Waals surface area contributed by atoms with Crippen LogP contribution in [0, 0.1) is 0 Å². The van der Waals surface area contributed by atoms with E-state index in [1.165, 1.54) is 0 Å². The van der Waals surface area contributed by atoms with Crippen molar-refractivity contribution in [1.29, 1.82) is 0 Å². The summed E-state index contributed by atoms with van der Waals surface area (Å²) in [5.74, 6) is -1.08. The molecule has 3 amide bonds. The van der Waals surface area contributed by atoms with Crippen molar-refractivity contribution >= 4 is 45.4 Å². The maximum absolute atomic E-state index is 11.5. The summed E-state index contributed by atoms with van der Waals surface area (Å²) in [5.41, 5.74) is -0.485. The second kappa shape index (κ2) is 8.89. The van der Waals surface area contributed by atoms with Gasteiger partial charge in [0.15, 0.2) is 13.2 Å². The van der Waals surface area contributed by atoms with E-state index in [0.717, 1.165) is 0 Å². The van der Waals surface area contributed by atoms with Gasteiger partial charge >= 0.3 is 12.0 Å². The molecule has 0 bridgehead atoms. The molecular weight excluding hydrogens is 404 g/mol. The van der Waals surface area contributed by atoms with Crippen LogP contribution in [0.1, 0.15) is 20.8 Å². The van der Waals surface area contributed by atoms with Gasteiger partial charge in [-0.15, -0.1) is 0 Å². The lowest BCUT2D eigenvalue weighted by molar-refractivity contribution is -0.150. The topological polar surface area (TPSA) is 93.7 Å². The van der Waals surface area contributed by atoms with Crippen LogP contribution in [-0.2, 0) is 14.3 Å². The highest BCUT2D eigenvalue weighted by molar-refractivity contribution is 9.10. The number of amides is 3. The molecule has 0 spiro atoms. The number of hydrogen-bond donors (Lipinski definition) is 2. The van der Waals surface area contributed by atoms with Gasteiger partial charge in [0, 0.05) is 10.6 Å². The van der Waals surface area contributed by atoms with E-state index in [0.29, 0.717) is 15.2 Å². The monoisotopic (exact) mass is 420 g/mol. The van der Waals surface area contributed by atoms with E-state index >= 15 is 0 Å². The van der Waals surface area contributed by atoms with Crippen LogP contribution in [0.25, 0.3) is 0 Å². The molecule has 0 fully saturated rings. The molecule has 24 heavy (non-hydrogen) atoms. The first-order valence-corrected chi connectivity index (χ1v) is 8.09. The Labute approximate surface area is 153 Å². The Kier molecular flexibility index (Phi) is 7.50. The largest absolute Gasteiger partial charge is 0.481 e. The number of urea groups is 1. The smallest absolute Gasteiger partial charge is 0.344 e. The number of benzene rings is 1. The van der Waals surface area contributed by atoms with Gasteiger partial charge in [-0.1, -0.05) is 11.6 Å². The number of carbonyl (C=O) groups excluding carboxylic acids is 3. The van der Waals surface area contributed by atoms with Crippen molar-refractivity contribution in [3.05, 3.63) is 27.7 Å². The number of halogens is 2. The molecule has 0 aliphatic carbocycles. The number of hydrogen-bond acceptors (Lipinski definition) is 5. The molecule has 132 valence electrons. The van der Waals surface area contributed by atoms with Crippen molar-refractivity contribution in [2.75, 3.05) is 13.2 Å². The van der Waals surface area contributed by atoms with E-state index < -0.39 is 30.1 Å². The molecule has 0 unspecified atom stereocenters. The molecular formula is C15H18BrClN2O5. The SMILES string of the molecule is CC(C)(C)NC(=O)NC(=O)COC(=O)COc1ccc(Cl)cc1Br. The standard InChI is InChI=1S/C15H18BrClN2O5/c1-15(2,3)19-14(22)18-12(20)7-24-13(21)8-23-11-5-4-9(17)6-10(11)16/h4-6H,7-8H2,1-3H3,(H2,18,19,20,22). The summed E-state index contributed by atoms with van der Waals surface area (Å²) in [7, 11) is 0. The molecule has 1 aromatic rings. The number of nitrogens with one attached hydrogen (secondary N) is 2. The fraction of sp³-hybridized carbons (Fsp3) is 0.400. The number of esters is 1. The molecule has 2 N–H and O–H groups in total. The van der Waals surface area contributed by atoms with Crippen LogP contribution < -0.4 is 15.4 Å². The summed E-state index contributed by atoms with van der Waals surface area (Å²) in [4.78, 5) is 34.5. The first-order chi connectivity index (χ1) is 11.1. The van der Waals surface area contributed by atoms with Gasteiger partial charge in [-0.3, -0.25) is 10.1 Å². The van der Waals surface area contributed by atoms with E-state index in [1.54, 1.807) is 39.0 Å². The van der Waals surface area contributed by atoms with Gasteiger partial charge in [-0.2, -0.15) is 0 Å². The fourth-order valence-electron chi connectivity index (χ4n) is 1.45. The number of ether oxygens (including phenoxy) is 2. The molecule has 0 aliphatic rings. The third-order valence-corrected chi connectivity index (χ3v) is 3.20. The Morgan fingerprint density at radius 1 is 1.21 bits per heavy atom. The molecule has 1 rings (SSSR count). The van der Waals surface area contributed by atoms with Crippen molar-refractivity contribution < 1.29 is 23.9 Å². The zero-order chi connectivity index (χ0) is 18.3. The molecule has 0 heterocycles. The lowest BCUT2D eigenvalue weighted by atomic mass is 10.1. The molecule has 0 saturated heterocycles. The van der Waals surface area contributed by atoms with Gasteiger partial charge in [-0.05, 0) is 54.9 Å². The van der Waals surface area contributed by atoms with E-state index in [-0.39, 0.29) is 6.61 Å². The Balaban J connectivity index is 2.33. The number of imide groups is 1. The summed E-state index contributed by atoms with van der Waals surface area (Å²) in [6, 6.07) is 4.14. The van der Waals surface area contributed by atoms with Crippen molar-refractivity contribution in [3.63, 3.8) is 0 Å². The molecule has 0 aliphatic heterocycles. The molecule has 0 aromatic heterocycles. The lowest BCUT2D eigenvalue weighted by Gasteiger charge is -2.20. The van der Waals surface area contributed by atoms with Crippen LogP contribution in [0.3, 0.4) is 0 Å². The van der Waals surface area contributed by atoms with Crippen molar-refractivity contribution in [2.45, 2.75) is 26.3 Å².